The Kier molecular flexibility index (Phi) is 2.58. The topological polar surface area (TPSA) is 23.5 Å². The molecular formula is C6H9F4NO. The van der Waals surface area contributed by atoms with Crippen LogP contribution in [0.1, 0.15) is 0 Å². The van der Waals surface area contributed by atoms with Crippen LogP contribution in [-0.2, 0) is 0 Å². The Bertz CT molecular complexity index is 154. The van der Waals surface area contributed by atoms with Gasteiger partial charge in [0.1, 0.15) is 6.17 Å². The first kappa shape index (κ1) is 9.73. The van der Waals surface area contributed by atoms with Gasteiger partial charge in [0.2, 0.25) is 0 Å². The molecule has 6 heteroatoms. The standard InChI is InChI=1S/C6H9F4NO/c7-4-1-11(2-4)3-5(12)6(8,9)10/h4-5,12H,1-3H2. The fourth-order valence-electron chi connectivity index (χ4n) is 1.00. The molecule has 2 nitrogen and oxygen atoms in total. The number of alkyl halides is 4. The maximum absolute atomic E-state index is 12.1. The molecule has 0 spiro atoms. The maximum atomic E-state index is 12.1. The third-order valence-corrected chi connectivity index (χ3v) is 1.72. The summed E-state index contributed by atoms with van der Waals surface area (Å²) in [4.78, 5) is 1.23. The van der Waals surface area contributed by atoms with E-state index >= 15 is 0 Å². The number of nitrogens with zero attached hydrogens (tertiary/aromatic N) is 1. The smallest absolute Gasteiger partial charge is 0.382 e. The average Bonchev–Trinajstić information content (AvgIpc) is 1.82. The van der Waals surface area contributed by atoms with Crippen LogP contribution >= 0.6 is 0 Å². The van der Waals surface area contributed by atoms with Gasteiger partial charge in [-0.3, -0.25) is 4.90 Å². The molecule has 12 heavy (non-hydrogen) atoms. The highest BCUT2D eigenvalue weighted by molar-refractivity contribution is 4.82. The minimum atomic E-state index is -4.60. The van der Waals surface area contributed by atoms with Crippen LogP contribution in [0.2, 0.25) is 0 Å². The molecule has 1 N–H and O–H groups in total. The third kappa shape index (κ3) is 2.31. The molecule has 1 rings (SSSR count). The number of halogens is 4. The lowest BCUT2D eigenvalue weighted by atomic mass is 10.1. The Morgan fingerprint density at radius 2 is 1.92 bits per heavy atom. The zero-order valence-corrected chi connectivity index (χ0v) is 6.18. The van der Waals surface area contributed by atoms with Gasteiger partial charge in [0.15, 0.2) is 6.10 Å². The molecule has 1 heterocycles. The monoisotopic (exact) mass is 187 g/mol. The van der Waals surface area contributed by atoms with E-state index in [-0.39, 0.29) is 13.1 Å². The van der Waals surface area contributed by atoms with Crippen molar-refractivity contribution in [3.05, 3.63) is 0 Å². The quantitative estimate of drug-likeness (QED) is 0.638. The van der Waals surface area contributed by atoms with Gasteiger partial charge >= 0.3 is 6.18 Å². The minimum Gasteiger partial charge on any atom is -0.382 e. The number of β-amino-alcohol motifs (C(OH)–C–C–N with tert-alkyl or cyclic N) is 1. The molecule has 0 bridgehead atoms. The van der Waals surface area contributed by atoms with Crippen molar-refractivity contribution in [1.29, 1.82) is 0 Å². The number of likely N-dealkylation sites (tertiary alicyclic amines) is 1. The SMILES string of the molecule is OC(CN1CC(F)C1)C(F)(F)F. The molecule has 1 unspecified atom stereocenters. The summed E-state index contributed by atoms with van der Waals surface area (Å²) in [5.74, 6) is 0. The lowest BCUT2D eigenvalue weighted by Crippen LogP contribution is -2.53. The fraction of sp³-hybridized carbons (Fsp3) is 1.00. The molecular weight excluding hydrogens is 178 g/mol. The van der Waals surface area contributed by atoms with E-state index in [2.05, 4.69) is 0 Å². The predicted molar refractivity (Wildman–Crippen MR) is 33.4 cm³/mol. The van der Waals surface area contributed by atoms with Crippen LogP contribution in [0.5, 0.6) is 0 Å². The lowest BCUT2D eigenvalue weighted by Gasteiger charge is -2.35. The van der Waals surface area contributed by atoms with Crippen molar-refractivity contribution >= 4 is 0 Å². The van der Waals surface area contributed by atoms with Gasteiger partial charge in [0.05, 0.1) is 0 Å². The minimum absolute atomic E-state index is 0.00681. The number of hydrogen-bond acceptors (Lipinski definition) is 2. The summed E-state index contributed by atoms with van der Waals surface area (Å²) in [6.45, 7) is -0.538. The maximum Gasteiger partial charge on any atom is 0.415 e. The first-order valence-corrected chi connectivity index (χ1v) is 3.51. The van der Waals surface area contributed by atoms with Crippen LogP contribution in [0, 0.1) is 0 Å². The Balaban J connectivity index is 2.23. The van der Waals surface area contributed by atoms with Crippen LogP contribution in [0.15, 0.2) is 0 Å². The van der Waals surface area contributed by atoms with Crippen molar-refractivity contribution in [3.63, 3.8) is 0 Å². The zero-order valence-electron chi connectivity index (χ0n) is 6.18. The van der Waals surface area contributed by atoms with Gasteiger partial charge in [0.25, 0.3) is 0 Å². The van der Waals surface area contributed by atoms with E-state index < -0.39 is 25.0 Å². The summed E-state index contributed by atoms with van der Waals surface area (Å²) < 4.78 is 47.2. The lowest BCUT2D eigenvalue weighted by molar-refractivity contribution is -0.211. The van der Waals surface area contributed by atoms with Crippen LogP contribution in [0.25, 0.3) is 0 Å². The molecule has 72 valence electrons. The van der Waals surface area contributed by atoms with Gasteiger partial charge in [-0.1, -0.05) is 0 Å². The normalized spacial score (nSPS) is 23.8. The van der Waals surface area contributed by atoms with Crippen molar-refractivity contribution in [2.45, 2.75) is 18.5 Å². The first-order chi connectivity index (χ1) is 5.39. The van der Waals surface area contributed by atoms with Crippen LogP contribution in [-0.4, -0.2) is 48.1 Å². The van der Waals surface area contributed by atoms with E-state index in [0.717, 1.165) is 0 Å². The number of aliphatic hydroxyl groups excluding tert-OH is 1. The summed E-state index contributed by atoms with van der Waals surface area (Å²) in [6, 6.07) is 0. The zero-order chi connectivity index (χ0) is 9.35. The third-order valence-electron chi connectivity index (χ3n) is 1.72. The average molecular weight is 187 g/mol. The second-order valence-corrected chi connectivity index (χ2v) is 2.87. The molecule has 0 aromatic rings. The Morgan fingerprint density at radius 3 is 2.25 bits per heavy atom. The van der Waals surface area contributed by atoms with Crippen molar-refractivity contribution in [3.8, 4) is 0 Å². The van der Waals surface area contributed by atoms with Gasteiger partial charge < -0.3 is 5.11 Å². The molecule has 1 fully saturated rings. The highest BCUT2D eigenvalue weighted by Gasteiger charge is 2.41. The number of rotatable bonds is 2. The van der Waals surface area contributed by atoms with E-state index in [0.29, 0.717) is 0 Å². The summed E-state index contributed by atoms with van der Waals surface area (Å²) in [5, 5.41) is 8.52. The predicted octanol–water partition coefficient (Wildman–Crippen LogP) is 0.563. The highest BCUT2D eigenvalue weighted by Crippen LogP contribution is 2.22. The molecule has 1 atom stereocenters. The van der Waals surface area contributed by atoms with Crippen molar-refractivity contribution < 1.29 is 22.7 Å². The molecule has 0 aromatic carbocycles. The number of hydrogen-bond donors (Lipinski definition) is 1. The van der Waals surface area contributed by atoms with E-state index in [1.54, 1.807) is 0 Å². The van der Waals surface area contributed by atoms with Crippen LogP contribution < -0.4 is 0 Å². The van der Waals surface area contributed by atoms with Gasteiger partial charge in [-0.05, 0) is 0 Å². The highest BCUT2D eigenvalue weighted by atomic mass is 19.4. The van der Waals surface area contributed by atoms with E-state index in [1.165, 1.54) is 4.90 Å². The van der Waals surface area contributed by atoms with Crippen molar-refractivity contribution in [2.24, 2.45) is 0 Å². The molecule has 0 amide bonds. The molecule has 0 saturated carbocycles. The second-order valence-electron chi connectivity index (χ2n) is 2.87. The largest absolute Gasteiger partial charge is 0.415 e. The molecule has 1 aliphatic rings. The molecule has 1 saturated heterocycles. The number of aliphatic hydroxyl groups is 1. The van der Waals surface area contributed by atoms with Crippen LogP contribution in [0.4, 0.5) is 17.6 Å². The van der Waals surface area contributed by atoms with E-state index in [1.807, 2.05) is 0 Å². The van der Waals surface area contributed by atoms with Gasteiger partial charge in [0, 0.05) is 19.6 Å². The summed E-state index contributed by atoms with van der Waals surface area (Å²) in [6.07, 6.45) is -7.99. The molecule has 0 radical (unpaired) electrons. The summed E-state index contributed by atoms with van der Waals surface area (Å²) >= 11 is 0. The van der Waals surface area contributed by atoms with Crippen molar-refractivity contribution in [1.82, 2.24) is 4.90 Å². The first-order valence-electron chi connectivity index (χ1n) is 3.51. The van der Waals surface area contributed by atoms with Crippen molar-refractivity contribution in [2.75, 3.05) is 19.6 Å². The molecule has 0 aromatic heterocycles. The van der Waals surface area contributed by atoms with Crippen LogP contribution in [0.3, 0.4) is 0 Å². The Labute approximate surface area is 66.8 Å². The van der Waals surface area contributed by atoms with E-state index in [4.69, 9.17) is 5.11 Å². The fourth-order valence-corrected chi connectivity index (χ4v) is 1.00. The van der Waals surface area contributed by atoms with Gasteiger partial charge in [-0.25, -0.2) is 4.39 Å². The molecule has 1 aliphatic heterocycles. The summed E-state index contributed by atoms with van der Waals surface area (Å²) in [5.41, 5.74) is 0. The Hall–Kier alpha value is -0.360. The van der Waals surface area contributed by atoms with E-state index in [9.17, 15) is 17.6 Å². The van der Waals surface area contributed by atoms with Gasteiger partial charge in [-0.15, -0.1) is 0 Å². The van der Waals surface area contributed by atoms with Gasteiger partial charge in [-0.2, -0.15) is 13.2 Å². The summed E-state index contributed by atoms with van der Waals surface area (Å²) in [7, 11) is 0. The Morgan fingerprint density at radius 1 is 1.42 bits per heavy atom. The second kappa shape index (κ2) is 3.18. The molecule has 0 aliphatic carbocycles.